The number of aliphatic hydroxyl groups is 1. The molecule has 288 valence electrons. The molecule has 5 unspecified atom stereocenters. The van der Waals surface area contributed by atoms with Gasteiger partial charge in [0.1, 0.15) is 39.6 Å². The van der Waals surface area contributed by atoms with Gasteiger partial charge >= 0.3 is 29.8 Å². The van der Waals surface area contributed by atoms with Gasteiger partial charge in [0.05, 0.1) is 6.54 Å². The first-order chi connectivity index (χ1) is 23.2. The average Bonchev–Trinajstić information content (AvgIpc) is 3.05. The number of nitrogens with one attached hydrogen (secondary N) is 1. The fourth-order valence-corrected chi connectivity index (χ4v) is 3.44. The van der Waals surface area contributed by atoms with E-state index in [4.69, 9.17) is 64.4 Å². The second kappa shape index (κ2) is 33.1. The van der Waals surface area contributed by atoms with Gasteiger partial charge in [-0.2, -0.15) is 0 Å². The van der Waals surface area contributed by atoms with E-state index >= 15 is 0 Å². The lowest BCUT2D eigenvalue weighted by atomic mass is 10.0. The molecule has 0 spiro atoms. The number of aliphatic imine (C=N–C) groups is 1. The lowest BCUT2D eigenvalue weighted by molar-refractivity contribution is -0.140. The molecule has 20 nitrogen and oxygen atoms in total. The molecule has 0 aliphatic heterocycles. The van der Waals surface area contributed by atoms with E-state index in [2.05, 4.69) is 15.7 Å². The maximum absolute atomic E-state index is 10.4. The highest BCUT2D eigenvalue weighted by molar-refractivity contribution is 6.32. The van der Waals surface area contributed by atoms with Gasteiger partial charge < -0.3 is 75.1 Å². The summed E-state index contributed by atoms with van der Waals surface area (Å²) in [7, 11) is 0.456. The van der Waals surface area contributed by atoms with Crippen LogP contribution in [-0.2, 0) is 30.4 Å². The summed E-state index contributed by atoms with van der Waals surface area (Å²) in [6, 6.07) is 4.25. The van der Waals surface area contributed by atoms with Crippen molar-refractivity contribution >= 4 is 45.5 Å². The zero-order valence-electron chi connectivity index (χ0n) is 28.6. The molecule has 50 heavy (non-hydrogen) atoms. The number of phenolic OH excluding ortho intramolecular Hbond substituents is 1. The number of carbonyl (C=O) groups is 5. The van der Waals surface area contributed by atoms with Gasteiger partial charge in [-0.3, -0.25) is 29.0 Å². The molecule has 0 heterocycles. The third-order valence-corrected chi connectivity index (χ3v) is 6.79. The van der Waals surface area contributed by atoms with Crippen LogP contribution in [-0.4, -0.2) is 125 Å². The summed E-state index contributed by atoms with van der Waals surface area (Å²) in [4.78, 5) is 57.0. The SMILES string of the molecule is CCC(C)C(N)C(=O)O.CC[Si]NC(CCO)C(=O)O.NC(Cc1ccc(O)cc1)C(=O)O.NC(N)=NCCCC(N)C(=O)O.NCC(=O)O. The number of rotatable bonds is 18. The Kier molecular flexibility index (Phi) is 34.7. The zero-order valence-corrected chi connectivity index (χ0v) is 29.6. The Bertz CT molecular complexity index is 1110. The molecule has 0 fully saturated rings. The van der Waals surface area contributed by atoms with Gasteiger partial charge in [0.25, 0.3) is 0 Å². The summed E-state index contributed by atoms with van der Waals surface area (Å²) in [5.74, 6) is -4.55. The standard InChI is InChI=1S/C9H11NO3.C6H14N4O2.C6H13NO3Si.C6H13NO2.C2H5NO2/c10-8(9(12)13)5-6-1-3-7(11)4-2-6;7-4(5(11)12)2-1-3-10-6(8)9;1-2-11-7-5(3-4-8)6(9)10;1-3-4(2)5(7)6(8)9;3-1-2(4)5/h1-4,8,11H,5,10H2,(H,12,13);4H,1-3,7H2,(H,11,12)(H4,8,9,10);5,7-8H,2-4H2,1H3,(H,9,10);4-5H,3,7H2,1-2H3,(H,8,9);1,3H2,(H,4,5). The minimum Gasteiger partial charge on any atom is -0.508 e. The topological polar surface area (TPSA) is 407 Å². The van der Waals surface area contributed by atoms with Crippen LogP contribution in [0.5, 0.6) is 5.75 Å². The summed E-state index contributed by atoms with van der Waals surface area (Å²) in [5.41, 5.74) is 31.3. The molecule has 0 aromatic heterocycles. The molecule has 1 aromatic rings. The smallest absolute Gasteiger partial charge is 0.320 e. The third-order valence-electron chi connectivity index (χ3n) is 5.88. The second-order valence-corrected chi connectivity index (χ2v) is 11.5. The fourth-order valence-electron chi connectivity index (χ4n) is 2.73. The van der Waals surface area contributed by atoms with Crippen molar-refractivity contribution in [1.29, 1.82) is 0 Å². The monoisotopic (exact) mass is 736 g/mol. The highest BCUT2D eigenvalue weighted by Gasteiger charge is 2.17. The van der Waals surface area contributed by atoms with Gasteiger partial charge in [-0.15, -0.1) is 0 Å². The summed E-state index contributed by atoms with van der Waals surface area (Å²) >= 11 is 0. The normalized spacial score (nSPS) is 12.7. The van der Waals surface area contributed by atoms with E-state index in [1.807, 2.05) is 20.8 Å². The quantitative estimate of drug-likeness (QED) is 0.0327. The molecule has 1 aromatic carbocycles. The van der Waals surface area contributed by atoms with Crippen molar-refractivity contribution in [2.75, 3.05) is 19.7 Å². The number of hydrogen-bond donors (Lipinski definition) is 14. The minimum absolute atomic E-state index is 0.0129. The molecular weight excluding hydrogens is 680 g/mol. The van der Waals surface area contributed by atoms with Crippen LogP contribution in [0.1, 0.15) is 52.0 Å². The molecule has 0 aliphatic carbocycles. The van der Waals surface area contributed by atoms with E-state index in [1.165, 1.54) is 12.1 Å². The van der Waals surface area contributed by atoms with E-state index < -0.39 is 54.0 Å². The van der Waals surface area contributed by atoms with Crippen molar-refractivity contribution < 1.29 is 59.7 Å². The number of benzene rings is 1. The Morgan fingerprint density at radius 1 is 0.840 bits per heavy atom. The van der Waals surface area contributed by atoms with Gasteiger partial charge in [-0.25, -0.2) is 0 Å². The van der Waals surface area contributed by atoms with Crippen LogP contribution in [0.2, 0.25) is 6.04 Å². The summed E-state index contributed by atoms with van der Waals surface area (Å²) < 4.78 is 0. The van der Waals surface area contributed by atoms with E-state index in [0.717, 1.165) is 18.0 Å². The first-order valence-electron chi connectivity index (χ1n) is 15.2. The number of aliphatic hydroxyl groups excluding tert-OH is 1. The number of hydrogen-bond acceptors (Lipinski definition) is 13. The predicted octanol–water partition coefficient (Wildman–Crippen LogP) is -2.26. The van der Waals surface area contributed by atoms with Crippen molar-refractivity contribution in [3.63, 3.8) is 0 Å². The third kappa shape index (κ3) is 34.9. The van der Waals surface area contributed by atoms with Crippen LogP contribution >= 0.6 is 0 Å². The molecule has 1 rings (SSSR count). The van der Waals surface area contributed by atoms with Crippen molar-refractivity contribution in [3.8, 4) is 5.75 Å². The van der Waals surface area contributed by atoms with E-state index in [0.29, 0.717) is 29.1 Å². The number of carboxylic acid groups (broad SMARTS) is 5. The molecule has 5 atom stereocenters. The number of aliphatic carboxylic acids is 5. The lowest BCUT2D eigenvalue weighted by Crippen LogP contribution is -2.39. The Hall–Kier alpha value is -4.38. The number of aromatic hydroxyl groups is 1. The first-order valence-corrected chi connectivity index (χ1v) is 16.4. The Balaban J connectivity index is -0.000000272. The van der Waals surface area contributed by atoms with Crippen LogP contribution in [0.15, 0.2) is 29.3 Å². The number of guanidine groups is 1. The predicted molar refractivity (Wildman–Crippen MR) is 187 cm³/mol. The van der Waals surface area contributed by atoms with Gasteiger partial charge in [0.2, 0.25) is 0 Å². The molecule has 0 saturated carbocycles. The summed E-state index contributed by atoms with van der Waals surface area (Å²) in [6.07, 6.45) is 2.32. The van der Waals surface area contributed by atoms with Gasteiger partial charge in [0, 0.05) is 13.2 Å². The molecule has 0 bridgehead atoms. The fraction of sp³-hybridized carbons (Fsp3) is 0.586. The number of carboxylic acids is 5. The summed E-state index contributed by atoms with van der Waals surface area (Å²) in [6.45, 7) is 5.79. The van der Waals surface area contributed by atoms with Crippen molar-refractivity contribution in [1.82, 2.24) is 4.98 Å². The molecular formula is C29H56N8O12Si. The number of phenols is 1. The van der Waals surface area contributed by atoms with E-state index in [-0.39, 0.29) is 43.6 Å². The van der Waals surface area contributed by atoms with Crippen LogP contribution in [0.3, 0.4) is 0 Å². The molecule has 21 heteroatoms. The van der Waals surface area contributed by atoms with E-state index in [1.54, 1.807) is 12.1 Å². The van der Waals surface area contributed by atoms with Crippen molar-refractivity contribution in [2.24, 2.45) is 45.3 Å². The van der Waals surface area contributed by atoms with Crippen LogP contribution in [0, 0.1) is 5.92 Å². The first kappa shape index (κ1) is 52.4. The average molecular weight is 737 g/mol. The molecule has 2 radical (unpaired) electrons. The van der Waals surface area contributed by atoms with Crippen LogP contribution in [0.4, 0.5) is 0 Å². The number of nitrogens with zero attached hydrogens (tertiary/aromatic N) is 1. The lowest BCUT2D eigenvalue weighted by Gasteiger charge is -2.11. The molecule has 0 amide bonds. The van der Waals surface area contributed by atoms with Gasteiger partial charge in [0.15, 0.2) is 5.96 Å². The minimum atomic E-state index is -1.02. The summed E-state index contributed by atoms with van der Waals surface area (Å²) in [5, 5.41) is 58.9. The van der Waals surface area contributed by atoms with Crippen LogP contribution < -0.4 is 39.4 Å². The maximum Gasteiger partial charge on any atom is 0.320 e. The Labute approximate surface area is 293 Å². The van der Waals surface area contributed by atoms with Crippen LogP contribution in [0.25, 0.3) is 0 Å². The molecule has 0 aliphatic rings. The van der Waals surface area contributed by atoms with Crippen molar-refractivity contribution in [2.45, 2.75) is 83.1 Å². The highest BCUT2D eigenvalue weighted by atomic mass is 28.2. The molecule has 20 N–H and O–H groups in total. The zero-order chi connectivity index (χ0) is 39.8. The van der Waals surface area contributed by atoms with Crippen molar-refractivity contribution in [3.05, 3.63) is 29.8 Å². The molecule has 0 saturated heterocycles. The van der Waals surface area contributed by atoms with Gasteiger partial charge in [-0.1, -0.05) is 39.3 Å². The Morgan fingerprint density at radius 2 is 1.34 bits per heavy atom. The second-order valence-electron chi connectivity index (χ2n) is 10.1. The van der Waals surface area contributed by atoms with E-state index in [9.17, 15) is 24.0 Å². The number of nitrogens with two attached hydrogens (primary N) is 6. The largest absolute Gasteiger partial charge is 0.508 e. The Morgan fingerprint density at radius 3 is 1.66 bits per heavy atom. The maximum atomic E-state index is 10.4. The highest BCUT2D eigenvalue weighted by Crippen LogP contribution is 2.10. The van der Waals surface area contributed by atoms with Gasteiger partial charge in [-0.05, 0) is 55.3 Å².